The number of hydrogen-bond acceptors (Lipinski definition) is 4. The summed E-state index contributed by atoms with van der Waals surface area (Å²) in [7, 11) is -3.56. The van der Waals surface area contributed by atoms with Crippen LogP contribution < -0.4 is 0 Å². The maximum Gasteiger partial charge on any atom is 0.338 e. The van der Waals surface area contributed by atoms with Gasteiger partial charge in [-0.3, -0.25) is 0 Å². The average Bonchev–Trinajstić information content (AvgIpc) is 2.60. The van der Waals surface area contributed by atoms with Crippen molar-refractivity contribution in [2.75, 3.05) is 13.1 Å². The zero-order valence-electron chi connectivity index (χ0n) is 14.1. The molecule has 7 heteroatoms. The van der Waals surface area contributed by atoms with Crippen molar-refractivity contribution < 1.29 is 22.3 Å². The van der Waals surface area contributed by atoms with Crippen LogP contribution in [0.25, 0.3) is 0 Å². The molecule has 0 atom stereocenters. The fraction of sp³-hybridized carbons (Fsp3) is 0.278. The topological polar surface area (TPSA) is 63.7 Å². The Morgan fingerprint density at radius 1 is 1.08 bits per heavy atom. The molecule has 2 aromatic carbocycles. The molecule has 5 nitrogen and oxygen atoms in total. The third-order valence-corrected chi connectivity index (χ3v) is 5.76. The van der Waals surface area contributed by atoms with Gasteiger partial charge in [0, 0.05) is 13.1 Å². The van der Waals surface area contributed by atoms with Crippen LogP contribution in [-0.2, 0) is 21.4 Å². The largest absolute Gasteiger partial charge is 0.457 e. The van der Waals surface area contributed by atoms with Gasteiger partial charge in [0.25, 0.3) is 0 Å². The van der Waals surface area contributed by atoms with E-state index >= 15 is 0 Å². The molecule has 0 aliphatic heterocycles. The standard InChI is InChI=1S/C18H20FNO4S/c1-3-20(4-2)25(22,23)17-10-8-15(9-11-17)18(21)24-13-14-6-5-7-16(19)12-14/h5-12H,3-4,13H2,1-2H3. The summed E-state index contributed by atoms with van der Waals surface area (Å²) in [4.78, 5) is 12.2. The van der Waals surface area contributed by atoms with E-state index in [1.807, 2.05) is 0 Å². The molecule has 0 fully saturated rings. The second-order valence-electron chi connectivity index (χ2n) is 5.32. The number of sulfonamides is 1. The Morgan fingerprint density at radius 3 is 2.28 bits per heavy atom. The van der Waals surface area contributed by atoms with Crippen molar-refractivity contribution in [3.8, 4) is 0 Å². The van der Waals surface area contributed by atoms with E-state index in [1.165, 1.54) is 46.8 Å². The Morgan fingerprint density at radius 2 is 1.72 bits per heavy atom. The molecule has 0 aromatic heterocycles. The van der Waals surface area contributed by atoms with E-state index in [0.717, 1.165) is 0 Å². The summed E-state index contributed by atoms with van der Waals surface area (Å²) < 4.78 is 44.3. The van der Waals surface area contributed by atoms with Crippen LogP contribution in [0.5, 0.6) is 0 Å². The van der Waals surface area contributed by atoms with E-state index in [9.17, 15) is 17.6 Å². The smallest absolute Gasteiger partial charge is 0.338 e. The van der Waals surface area contributed by atoms with Crippen LogP contribution in [0.3, 0.4) is 0 Å². The van der Waals surface area contributed by atoms with Gasteiger partial charge in [0.05, 0.1) is 10.5 Å². The highest BCUT2D eigenvalue weighted by Crippen LogP contribution is 2.17. The molecule has 25 heavy (non-hydrogen) atoms. The lowest BCUT2D eigenvalue weighted by Gasteiger charge is -2.18. The zero-order chi connectivity index (χ0) is 18.4. The van der Waals surface area contributed by atoms with Crippen molar-refractivity contribution in [2.45, 2.75) is 25.3 Å². The minimum absolute atomic E-state index is 0.0594. The van der Waals surface area contributed by atoms with Gasteiger partial charge in [-0.25, -0.2) is 17.6 Å². The molecule has 0 spiro atoms. The number of nitrogens with zero attached hydrogens (tertiary/aromatic N) is 1. The predicted molar refractivity (Wildman–Crippen MR) is 92.1 cm³/mol. The molecule has 0 aliphatic carbocycles. The molecule has 0 radical (unpaired) electrons. The van der Waals surface area contributed by atoms with E-state index in [-0.39, 0.29) is 17.1 Å². The highest BCUT2D eigenvalue weighted by Gasteiger charge is 2.21. The van der Waals surface area contributed by atoms with Gasteiger partial charge in [0.2, 0.25) is 10.0 Å². The Hall–Kier alpha value is -2.25. The van der Waals surface area contributed by atoms with Crippen molar-refractivity contribution in [3.05, 3.63) is 65.5 Å². The first kappa shape index (κ1) is 19.1. The van der Waals surface area contributed by atoms with Crippen molar-refractivity contribution in [2.24, 2.45) is 0 Å². The predicted octanol–water partition coefficient (Wildman–Crippen LogP) is 3.21. The summed E-state index contributed by atoms with van der Waals surface area (Å²) >= 11 is 0. The van der Waals surface area contributed by atoms with E-state index in [0.29, 0.717) is 18.7 Å². The Balaban J connectivity index is 2.07. The number of esters is 1. The maximum absolute atomic E-state index is 13.1. The fourth-order valence-electron chi connectivity index (χ4n) is 2.33. The molecule has 0 saturated heterocycles. The Kier molecular flexibility index (Phi) is 6.27. The van der Waals surface area contributed by atoms with Gasteiger partial charge >= 0.3 is 5.97 Å². The molecular weight excluding hydrogens is 345 g/mol. The number of benzene rings is 2. The highest BCUT2D eigenvalue weighted by molar-refractivity contribution is 7.89. The van der Waals surface area contributed by atoms with Gasteiger partial charge in [-0.05, 0) is 42.0 Å². The van der Waals surface area contributed by atoms with Crippen LogP contribution in [0, 0.1) is 5.82 Å². The SMILES string of the molecule is CCN(CC)S(=O)(=O)c1ccc(C(=O)OCc2cccc(F)c2)cc1. The number of rotatable bonds is 7. The van der Waals surface area contributed by atoms with Crippen molar-refractivity contribution in [1.82, 2.24) is 4.31 Å². The summed E-state index contributed by atoms with van der Waals surface area (Å²) in [5.74, 6) is -1.00. The molecule has 2 aromatic rings. The Labute approximate surface area is 147 Å². The lowest BCUT2D eigenvalue weighted by molar-refractivity contribution is 0.0472. The molecular formula is C18H20FNO4S. The van der Waals surface area contributed by atoms with E-state index in [4.69, 9.17) is 4.74 Å². The van der Waals surface area contributed by atoms with Gasteiger partial charge in [-0.2, -0.15) is 4.31 Å². The molecule has 0 amide bonds. The van der Waals surface area contributed by atoms with E-state index in [2.05, 4.69) is 0 Å². The van der Waals surface area contributed by atoms with Gasteiger partial charge in [-0.15, -0.1) is 0 Å². The fourth-order valence-corrected chi connectivity index (χ4v) is 3.79. The van der Waals surface area contributed by atoms with Crippen LogP contribution >= 0.6 is 0 Å². The lowest BCUT2D eigenvalue weighted by atomic mass is 10.2. The van der Waals surface area contributed by atoms with Gasteiger partial charge < -0.3 is 4.74 Å². The maximum atomic E-state index is 13.1. The lowest BCUT2D eigenvalue weighted by Crippen LogP contribution is -2.30. The zero-order valence-corrected chi connectivity index (χ0v) is 14.9. The minimum atomic E-state index is -3.56. The second kappa shape index (κ2) is 8.22. The first-order valence-corrected chi connectivity index (χ1v) is 9.34. The highest BCUT2D eigenvalue weighted by atomic mass is 32.2. The Bertz CT molecular complexity index is 830. The van der Waals surface area contributed by atoms with Gasteiger partial charge in [0.1, 0.15) is 12.4 Å². The van der Waals surface area contributed by atoms with Crippen LogP contribution in [0.15, 0.2) is 53.4 Å². The average molecular weight is 365 g/mol. The minimum Gasteiger partial charge on any atom is -0.457 e. The van der Waals surface area contributed by atoms with Crippen molar-refractivity contribution in [3.63, 3.8) is 0 Å². The number of hydrogen-bond donors (Lipinski definition) is 0. The molecule has 2 rings (SSSR count). The molecule has 0 N–H and O–H groups in total. The summed E-state index contributed by atoms with van der Waals surface area (Å²) in [6.45, 7) is 4.21. The van der Waals surface area contributed by atoms with Crippen molar-refractivity contribution in [1.29, 1.82) is 0 Å². The summed E-state index contributed by atoms with van der Waals surface area (Å²) in [5, 5.41) is 0. The second-order valence-corrected chi connectivity index (χ2v) is 7.26. The monoisotopic (exact) mass is 365 g/mol. The third-order valence-electron chi connectivity index (χ3n) is 3.69. The van der Waals surface area contributed by atoms with Gasteiger partial charge in [0.15, 0.2) is 0 Å². The third kappa shape index (κ3) is 4.64. The molecule has 0 heterocycles. The van der Waals surface area contributed by atoms with Crippen LogP contribution in [0.4, 0.5) is 4.39 Å². The van der Waals surface area contributed by atoms with Crippen LogP contribution in [-0.4, -0.2) is 31.8 Å². The summed E-state index contributed by atoms with van der Waals surface area (Å²) in [6, 6.07) is 11.3. The number of carbonyl (C=O) groups is 1. The van der Waals surface area contributed by atoms with Crippen molar-refractivity contribution >= 4 is 16.0 Å². The molecule has 0 saturated carbocycles. The molecule has 0 aliphatic rings. The molecule has 0 bridgehead atoms. The quantitative estimate of drug-likeness (QED) is 0.707. The molecule has 134 valence electrons. The first-order valence-electron chi connectivity index (χ1n) is 7.90. The van der Waals surface area contributed by atoms with Crippen LogP contribution in [0.2, 0.25) is 0 Å². The number of ether oxygens (including phenoxy) is 1. The van der Waals surface area contributed by atoms with Crippen LogP contribution in [0.1, 0.15) is 29.8 Å². The van der Waals surface area contributed by atoms with E-state index in [1.54, 1.807) is 19.9 Å². The number of halogens is 1. The normalized spacial score (nSPS) is 11.5. The first-order chi connectivity index (χ1) is 11.9. The number of carbonyl (C=O) groups excluding carboxylic acids is 1. The van der Waals surface area contributed by atoms with Gasteiger partial charge in [-0.1, -0.05) is 26.0 Å². The summed E-state index contributed by atoms with van der Waals surface area (Å²) in [5.41, 5.74) is 0.768. The molecule has 0 unspecified atom stereocenters. The summed E-state index contributed by atoms with van der Waals surface area (Å²) in [6.07, 6.45) is 0. The van der Waals surface area contributed by atoms with E-state index < -0.39 is 21.8 Å².